The smallest absolute Gasteiger partial charge is 0.550 e. The van der Waals surface area contributed by atoms with Gasteiger partial charge in [0.15, 0.2) is 0 Å². The number of halogens is 2. The molecule has 4 atom stereocenters. The molecule has 0 unspecified atom stereocenters. The standard InChI is InChI=1S/2C27H39FN3O9PS.Ca/c2*1-6-39-41(36,40-7-2)14-15-42(37,38)31(5)27-29-25(18(3)4)23(13-12-21(32)16-22(33)17-24(34)35)26(30-27)19-8-10-20(28)11-9-19;/h2*8-13,18,21-22,32-33H,6-7,14-17H2,1-5H3,(H,34,35);/q;;+2/p-2/b2*13-12+;/t2*21-,22-;/m11./s1. The number of nitrogens with zero attached hydrogens (tertiary/aromatic N) is 6. The van der Waals surface area contributed by atoms with Crippen molar-refractivity contribution in [3.63, 3.8) is 0 Å². The third-order valence-electron chi connectivity index (χ3n) is 12.0. The Morgan fingerprint density at radius 3 is 1.13 bits per heavy atom. The molecule has 24 nitrogen and oxygen atoms in total. The van der Waals surface area contributed by atoms with Crippen LogP contribution in [0.25, 0.3) is 34.7 Å². The van der Waals surface area contributed by atoms with Gasteiger partial charge in [0.1, 0.15) is 11.6 Å². The Balaban J connectivity index is 0.000000573. The summed E-state index contributed by atoms with van der Waals surface area (Å²) in [7, 11) is -13.0. The topological polar surface area (TPSA) is 359 Å². The van der Waals surface area contributed by atoms with Crippen molar-refractivity contribution in [1.29, 1.82) is 0 Å². The first-order chi connectivity index (χ1) is 39.2. The quantitative estimate of drug-likeness (QED) is 0.0352. The molecule has 0 saturated carbocycles. The van der Waals surface area contributed by atoms with E-state index >= 15 is 0 Å². The maximum absolute atomic E-state index is 13.8. The number of hydrogen-bond donors (Lipinski definition) is 4. The van der Waals surface area contributed by atoms with Crippen molar-refractivity contribution in [2.24, 2.45) is 0 Å². The molecule has 0 saturated heterocycles. The second-order valence-corrected chi connectivity index (χ2v) is 28.0. The van der Waals surface area contributed by atoms with Crippen LogP contribution in [0.3, 0.4) is 0 Å². The summed E-state index contributed by atoms with van der Waals surface area (Å²) in [6, 6.07) is 10.7. The molecular formula is C54H76CaF2N6O18P2S2. The molecule has 4 aromatic rings. The van der Waals surface area contributed by atoms with E-state index in [2.05, 4.69) is 19.9 Å². The zero-order valence-electron chi connectivity index (χ0n) is 49.2. The van der Waals surface area contributed by atoms with Crippen LogP contribution in [0.1, 0.15) is 115 Å². The summed E-state index contributed by atoms with van der Waals surface area (Å²) in [6.45, 7) is 14.0. The maximum atomic E-state index is 13.8. The van der Waals surface area contributed by atoms with Gasteiger partial charge in [-0.1, -0.05) is 52.0 Å². The number of carboxylic acid groups (broad SMARTS) is 2. The summed E-state index contributed by atoms with van der Waals surface area (Å²) in [5, 5.41) is 61.9. The Morgan fingerprint density at radius 1 is 0.576 bits per heavy atom. The molecule has 4 N–H and O–H groups in total. The number of hydrogen-bond acceptors (Lipinski definition) is 22. The fourth-order valence-corrected chi connectivity index (χ4v) is 15.0. The number of aliphatic carboxylic acids is 2. The van der Waals surface area contributed by atoms with Crippen LogP contribution in [0, 0.1) is 11.6 Å². The van der Waals surface area contributed by atoms with Gasteiger partial charge in [-0.2, -0.15) is 0 Å². The van der Waals surface area contributed by atoms with E-state index in [1.807, 2.05) is 27.7 Å². The van der Waals surface area contributed by atoms with Crippen LogP contribution in [0.4, 0.5) is 20.7 Å². The summed E-state index contributed by atoms with van der Waals surface area (Å²) in [6.07, 6.45) is -2.14. The number of carboxylic acids is 2. The first-order valence-electron chi connectivity index (χ1n) is 26.8. The summed E-state index contributed by atoms with van der Waals surface area (Å²) in [4.78, 5) is 39.4. The van der Waals surface area contributed by atoms with Crippen molar-refractivity contribution >= 4 is 109 Å². The molecule has 468 valence electrons. The van der Waals surface area contributed by atoms with E-state index in [4.69, 9.17) is 18.1 Å². The van der Waals surface area contributed by atoms with Gasteiger partial charge < -0.3 is 58.3 Å². The molecule has 0 aliphatic rings. The molecule has 85 heavy (non-hydrogen) atoms. The van der Waals surface area contributed by atoms with E-state index < -0.39 is 108 Å². The third-order valence-corrected chi connectivity index (χ3v) is 20.2. The number of carbonyl (C=O) groups excluding carboxylic acids is 2. The number of aliphatic hydroxyl groups is 4. The summed E-state index contributed by atoms with van der Waals surface area (Å²) >= 11 is 0. The van der Waals surface area contributed by atoms with E-state index in [9.17, 15) is 75.0 Å². The molecule has 31 heteroatoms. The molecule has 0 spiro atoms. The molecule has 2 heterocycles. The van der Waals surface area contributed by atoms with Gasteiger partial charge in [-0.15, -0.1) is 0 Å². The fraction of sp³-hybridized carbons (Fsp3) is 0.519. The summed E-state index contributed by atoms with van der Waals surface area (Å²) in [5.74, 6) is -6.01. The second-order valence-electron chi connectivity index (χ2n) is 19.4. The molecule has 2 aromatic carbocycles. The van der Waals surface area contributed by atoms with Crippen molar-refractivity contribution in [2.75, 3.05) is 73.0 Å². The molecule has 0 aliphatic carbocycles. The minimum absolute atomic E-state index is 0. The molecule has 4 rings (SSSR count). The molecule has 0 bridgehead atoms. The van der Waals surface area contributed by atoms with Crippen molar-refractivity contribution in [3.05, 3.63) is 94.8 Å². The van der Waals surface area contributed by atoms with Crippen molar-refractivity contribution in [3.8, 4) is 22.5 Å². The van der Waals surface area contributed by atoms with E-state index in [1.165, 1.54) is 86.9 Å². The van der Waals surface area contributed by atoms with Crippen LogP contribution in [0.5, 0.6) is 0 Å². The third kappa shape index (κ3) is 24.7. The normalized spacial score (nSPS) is 13.8. The maximum Gasteiger partial charge on any atom is 2.00 e. The van der Waals surface area contributed by atoms with Gasteiger partial charge >= 0.3 is 52.9 Å². The zero-order valence-corrected chi connectivity index (χ0v) is 54.9. The number of aliphatic hydroxyl groups excluding tert-OH is 4. The number of anilines is 2. The van der Waals surface area contributed by atoms with E-state index in [0.717, 1.165) is 8.61 Å². The zero-order chi connectivity index (χ0) is 63.3. The van der Waals surface area contributed by atoms with Crippen LogP contribution < -0.4 is 18.8 Å². The summed E-state index contributed by atoms with van der Waals surface area (Å²) in [5.41, 5.74) is 2.92. The molecule has 0 aliphatic heterocycles. The monoisotopic (exact) mass is 1300 g/mol. The Kier molecular flexibility index (Phi) is 32.3. The summed E-state index contributed by atoms with van der Waals surface area (Å²) < 4.78 is 129. The molecular weight excluding hydrogens is 1220 g/mol. The SMILES string of the molecule is CCOP(=O)(CCS(=O)(=O)N(C)c1nc(-c2ccc(F)cc2)c(/C=C/[C@@H](O)C[C@@H](O)CC(=O)[O-])c(C(C)C)n1)OCC.CCOP(=O)(CCS(=O)(=O)N(C)c1nc(-c2ccc(F)cc2)c(/C=C/[C@@H](O)C[C@@H](O)CC(=O)[O-])c(C(C)C)n1)OCC.[Ca+2]. The minimum Gasteiger partial charge on any atom is -0.550 e. The van der Waals surface area contributed by atoms with Crippen molar-refractivity contribution in [1.82, 2.24) is 19.9 Å². The average Bonchev–Trinajstić information content (AvgIpc) is 2.66. The molecule has 2 aromatic heterocycles. The van der Waals surface area contributed by atoms with Crippen molar-refractivity contribution < 1.29 is 93.1 Å². The molecule has 0 amide bonds. The number of aromatic nitrogens is 4. The van der Waals surface area contributed by atoms with Gasteiger partial charge in [-0.25, -0.2) is 54.2 Å². The van der Waals surface area contributed by atoms with Crippen LogP contribution in [0.15, 0.2) is 60.7 Å². The first-order valence-corrected chi connectivity index (χ1v) is 33.4. The number of rotatable bonds is 34. The van der Waals surface area contributed by atoms with Crippen molar-refractivity contribution in [2.45, 2.75) is 117 Å². The Labute approximate surface area is 525 Å². The average molecular weight is 1300 g/mol. The number of benzene rings is 2. The molecule has 0 fully saturated rings. The van der Waals surface area contributed by atoms with Gasteiger partial charge in [0, 0.05) is 74.0 Å². The Hall–Kier alpha value is -4.22. The van der Waals surface area contributed by atoms with Crippen LogP contribution >= 0.6 is 15.2 Å². The van der Waals surface area contributed by atoms with Gasteiger partial charge in [-0.05, 0) is 88.1 Å². The fourth-order valence-electron chi connectivity index (χ4n) is 7.87. The number of sulfonamides is 2. The first kappa shape index (κ1) is 76.9. The van der Waals surface area contributed by atoms with E-state index in [1.54, 1.807) is 27.7 Å². The predicted octanol–water partition coefficient (Wildman–Crippen LogP) is 5.03. The van der Waals surface area contributed by atoms with Crippen LogP contribution in [-0.2, 0) is 56.9 Å². The van der Waals surface area contributed by atoms with Crippen LogP contribution in [0.2, 0.25) is 0 Å². The van der Waals surface area contributed by atoms with Crippen LogP contribution in [-0.4, -0.2) is 196 Å². The largest absolute Gasteiger partial charge is 2.00 e. The number of carbonyl (C=O) groups is 2. The van der Waals surface area contributed by atoms with E-state index in [-0.39, 0.29) is 124 Å². The minimum atomic E-state index is -4.12. The van der Waals surface area contributed by atoms with Gasteiger partial charge in [0.25, 0.3) is 0 Å². The predicted molar refractivity (Wildman–Crippen MR) is 315 cm³/mol. The Morgan fingerprint density at radius 2 is 0.871 bits per heavy atom. The van der Waals surface area contributed by atoms with Gasteiger partial charge in [-0.3, -0.25) is 9.13 Å². The second kappa shape index (κ2) is 35.7. The van der Waals surface area contributed by atoms with Gasteiger partial charge in [0.2, 0.25) is 31.9 Å². The molecule has 0 radical (unpaired) electrons. The Bertz CT molecular complexity index is 2970. The van der Waals surface area contributed by atoms with Gasteiger partial charge in [0.05, 0.1) is 97.4 Å². The van der Waals surface area contributed by atoms with E-state index in [0.29, 0.717) is 33.6 Å².